The van der Waals surface area contributed by atoms with Gasteiger partial charge < -0.3 is 11.1 Å². The van der Waals surface area contributed by atoms with E-state index in [4.69, 9.17) is 5.73 Å². The van der Waals surface area contributed by atoms with Crippen molar-refractivity contribution in [3.63, 3.8) is 0 Å². The Kier molecular flexibility index (Phi) is 4.21. The summed E-state index contributed by atoms with van der Waals surface area (Å²) < 4.78 is 4.12. The van der Waals surface area contributed by atoms with E-state index in [-0.39, 0.29) is 0 Å². The van der Waals surface area contributed by atoms with Crippen molar-refractivity contribution < 1.29 is 0 Å². The summed E-state index contributed by atoms with van der Waals surface area (Å²) in [5, 5.41) is 11.0. The van der Waals surface area contributed by atoms with Gasteiger partial charge in [0.15, 0.2) is 5.82 Å². The van der Waals surface area contributed by atoms with Gasteiger partial charge in [-0.1, -0.05) is 0 Å². The lowest BCUT2D eigenvalue weighted by atomic mass is 10.3. The molecule has 4 N–H and O–H groups in total. The van der Waals surface area contributed by atoms with Crippen molar-refractivity contribution in [3.8, 4) is 0 Å². The molecule has 2 aromatic rings. The zero-order valence-electron chi connectivity index (χ0n) is 9.43. The van der Waals surface area contributed by atoms with E-state index in [0.29, 0.717) is 5.82 Å². The summed E-state index contributed by atoms with van der Waals surface area (Å²) in [7, 11) is 0. The molecule has 8 heteroatoms. The Bertz CT molecular complexity index is 452. The van der Waals surface area contributed by atoms with Crippen LogP contribution in [0.1, 0.15) is 12.2 Å². The van der Waals surface area contributed by atoms with Gasteiger partial charge >= 0.3 is 0 Å². The van der Waals surface area contributed by atoms with Crippen molar-refractivity contribution in [1.82, 2.24) is 19.6 Å². The minimum Gasteiger partial charge on any atom is -0.382 e. The largest absolute Gasteiger partial charge is 0.382 e. The van der Waals surface area contributed by atoms with Crippen molar-refractivity contribution in [3.05, 3.63) is 12.2 Å². The molecule has 0 aromatic carbocycles. The number of hydrogen-bond donors (Lipinski definition) is 3. The van der Waals surface area contributed by atoms with Gasteiger partial charge in [-0.05, 0) is 24.2 Å². The number of aromatic nitrogens is 4. The number of nitrogen functional groups attached to an aromatic ring is 1. The number of aromatic amines is 1. The fourth-order valence-electron chi connectivity index (χ4n) is 1.41. The molecule has 0 bridgehead atoms. The number of aryl methyl sites for hydroxylation is 1. The van der Waals surface area contributed by atoms with Gasteiger partial charge in [0, 0.05) is 13.0 Å². The van der Waals surface area contributed by atoms with E-state index in [2.05, 4.69) is 24.9 Å². The number of thioether (sulfide) groups is 1. The minimum atomic E-state index is 0.611. The molecule has 2 aromatic heterocycles. The molecule has 0 radical (unpaired) electrons. The van der Waals surface area contributed by atoms with Crippen LogP contribution in [0.15, 0.2) is 11.2 Å². The number of nitrogens with two attached hydrogens (primary N) is 1. The summed E-state index contributed by atoms with van der Waals surface area (Å²) in [6.45, 7) is 0.871. The van der Waals surface area contributed by atoms with E-state index in [9.17, 15) is 0 Å². The van der Waals surface area contributed by atoms with Gasteiger partial charge in [-0.2, -0.15) is 9.47 Å². The van der Waals surface area contributed by atoms with Gasteiger partial charge in [0.05, 0.1) is 4.90 Å². The zero-order chi connectivity index (χ0) is 12.1. The Morgan fingerprint density at radius 3 is 3.18 bits per heavy atom. The van der Waals surface area contributed by atoms with Crippen molar-refractivity contribution >= 4 is 34.1 Å². The highest BCUT2D eigenvalue weighted by atomic mass is 32.2. The Labute approximate surface area is 108 Å². The first-order chi connectivity index (χ1) is 8.31. The van der Waals surface area contributed by atoms with Gasteiger partial charge in [-0.15, -0.1) is 11.8 Å². The second kappa shape index (κ2) is 5.87. The fraction of sp³-hybridized carbons (Fsp3) is 0.444. The number of H-pyrrole nitrogens is 1. The standard InChI is InChI=1S/C9H14N6S2/c1-16-7-8(10)15-17-9(7)11-4-2-3-6-12-5-13-14-6/h5,11H,2-4H2,1H3,(H2,10,15)(H,12,13,14). The fourth-order valence-corrected chi connectivity index (χ4v) is 2.98. The molecule has 0 spiro atoms. The van der Waals surface area contributed by atoms with Gasteiger partial charge in [-0.3, -0.25) is 5.10 Å². The molecule has 0 saturated carbocycles. The Morgan fingerprint density at radius 1 is 1.59 bits per heavy atom. The quantitative estimate of drug-likeness (QED) is 0.545. The molecular weight excluding hydrogens is 256 g/mol. The summed E-state index contributed by atoms with van der Waals surface area (Å²) in [6.07, 6.45) is 5.40. The molecule has 0 fully saturated rings. The molecule has 2 rings (SSSR count). The van der Waals surface area contributed by atoms with Crippen molar-refractivity contribution in [2.24, 2.45) is 0 Å². The zero-order valence-corrected chi connectivity index (χ0v) is 11.1. The molecule has 2 heterocycles. The molecule has 0 unspecified atom stereocenters. The molecule has 0 amide bonds. The summed E-state index contributed by atoms with van der Waals surface area (Å²) in [6, 6.07) is 0. The smallest absolute Gasteiger partial charge is 0.153 e. The second-order valence-electron chi connectivity index (χ2n) is 3.39. The summed E-state index contributed by atoms with van der Waals surface area (Å²) in [4.78, 5) is 5.11. The molecule has 0 atom stereocenters. The maximum atomic E-state index is 5.75. The highest BCUT2D eigenvalue weighted by molar-refractivity contribution is 7.99. The molecular formula is C9H14N6S2. The third kappa shape index (κ3) is 3.10. The van der Waals surface area contributed by atoms with Crippen LogP contribution in [-0.2, 0) is 6.42 Å². The molecule has 6 nitrogen and oxygen atoms in total. The first-order valence-corrected chi connectivity index (χ1v) is 7.18. The van der Waals surface area contributed by atoms with Crippen LogP contribution in [0.3, 0.4) is 0 Å². The molecule has 17 heavy (non-hydrogen) atoms. The van der Waals surface area contributed by atoms with Crippen LogP contribution in [0.4, 0.5) is 10.8 Å². The predicted molar refractivity (Wildman–Crippen MR) is 71.5 cm³/mol. The van der Waals surface area contributed by atoms with E-state index >= 15 is 0 Å². The van der Waals surface area contributed by atoms with Crippen LogP contribution >= 0.6 is 23.3 Å². The third-order valence-corrected chi connectivity index (χ3v) is 3.99. The second-order valence-corrected chi connectivity index (χ2v) is 4.98. The summed E-state index contributed by atoms with van der Waals surface area (Å²) in [5.74, 6) is 1.53. The minimum absolute atomic E-state index is 0.611. The highest BCUT2D eigenvalue weighted by Crippen LogP contribution is 2.34. The maximum Gasteiger partial charge on any atom is 0.153 e. The molecule has 0 saturated heterocycles. The number of anilines is 2. The Morgan fingerprint density at radius 2 is 2.47 bits per heavy atom. The van der Waals surface area contributed by atoms with Crippen LogP contribution in [0.5, 0.6) is 0 Å². The number of nitrogens with zero attached hydrogens (tertiary/aromatic N) is 3. The predicted octanol–water partition coefficient (Wildman–Crippen LogP) is 1.61. The Hall–Kier alpha value is -1.28. The normalized spacial score (nSPS) is 10.6. The monoisotopic (exact) mass is 270 g/mol. The van der Waals surface area contributed by atoms with Gasteiger partial charge in [0.1, 0.15) is 17.2 Å². The van der Waals surface area contributed by atoms with Gasteiger partial charge in [-0.25, -0.2) is 4.98 Å². The topological polar surface area (TPSA) is 92.5 Å². The number of rotatable bonds is 6. The Balaban J connectivity index is 1.78. The SMILES string of the molecule is CSc1c(N)nsc1NCCCc1ncn[nH]1. The summed E-state index contributed by atoms with van der Waals surface area (Å²) in [5.41, 5.74) is 5.75. The van der Waals surface area contributed by atoms with Crippen LogP contribution in [-0.4, -0.2) is 32.4 Å². The molecule has 92 valence electrons. The average molecular weight is 270 g/mol. The van der Waals surface area contributed by atoms with E-state index in [1.54, 1.807) is 11.8 Å². The molecule has 0 aliphatic rings. The lowest BCUT2D eigenvalue weighted by molar-refractivity contribution is 0.806. The van der Waals surface area contributed by atoms with Crippen LogP contribution < -0.4 is 11.1 Å². The van der Waals surface area contributed by atoms with Gasteiger partial charge in [0.2, 0.25) is 0 Å². The maximum absolute atomic E-state index is 5.75. The highest BCUT2D eigenvalue weighted by Gasteiger charge is 2.09. The van der Waals surface area contributed by atoms with E-state index in [0.717, 1.165) is 35.1 Å². The molecule has 0 aliphatic heterocycles. The first kappa shape index (κ1) is 12.2. The average Bonchev–Trinajstić information content (AvgIpc) is 2.94. The lowest BCUT2D eigenvalue weighted by Crippen LogP contribution is -2.03. The van der Waals surface area contributed by atoms with Crippen molar-refractivity contribution in [2.45, 2.75) is 17.7 Å². The number of nitrogens with one attached hydrogen (secondary N) is 2. The molecule has 0 aliphatic carbocycles. The lowest BCUT2D eigenvalue weighted by Gasteiger charge is -2.04. The van der Waals surface area contributed by atoms with Crippen LogP contribution in [0.2, 0.25) is 0 Å². The first-order valence-electron chi connectivity index (χ1n) is 5.18. The number of hydrogen-bond acceptors (Lipinski definition) is 7. The van der Waals surface area contributed by atoms with E-state index in [1.165, 1.54) is 17.9 Å². The third-order valence-electron chi connectivity index (χ3n) is 2.22. The van der Waals surface area contributed by atoms with Crippen LogP contribution in [0.25, 0.3) is 0 Å². The van der Waals surface area contributed by atoms with Gasteiger partial charge in [0.25, 0.3) is 0 Å². The van der Waals surface area contributed by atoms with Crippen molar-refractivity contribution in [1.29, 1.82) is 0 Å². The summed E-state index contributed by atoms with van der Waals surface area (Å²) >= 11 is 3.02. The van der Waals surface area contributed by atoms with E-state index in [1.807, 2.05) is 6.26 Å². The van der Waals surface area contributed by atoms with E-state index < -0.39 is 0 Å². The van der Waals surface area contributed by atoms with Crippen LogP contribution in [0, 0.1) is 0 Å². The van der Waals surface area contributed by atoms with Crippen molar-refractivity contribution in [2.75, 3.05) is 23.9 Å².